The van der Waals surface area contributed by atoms with E-state index in [0.29, 0.717) is 0 Å². The van der Waals surface area contributed by atoms with Crippen molar-refractivity contribution in [3.05, 3.63) is 54.5 Å². The normalized spacial score (nSPS) is 10.5. The summed E-state index contributed by atoms with van der Waals surface area (Å²) in [6.07, 6.45) is 5.20. The third-order valence-corrected chi connectivity index (χ3v) is 1.77. The van der Waals surface area contributed by atoms with Gasteiger partial charge in [-0.05, 0) is 18.9 Å². The van der Waals surface area contributed by atoms with Crippen molar-refractivity contribution in [1.82, 2.24) is 4.98 Å². The van der Waals surface area contributed by atoms with Crippen LogP contribution in [0.3, 0.4) is 0 Å². The topological polar surface area (TPSA) is 68.6 Å². The summed E-state index contributed by atoms with van der Waals surface area (Å²) in [6, 6.07) is 3.06. The van der Waals surface area contributed by atoms with Crippen molar-refractivity contribution in [3.8, 4) is 0 Å². The van der Waals surface area contributed by atoms with E-state index in [0.717, 1.165) is 6.20 Å². The van der Waals surface area contributed by atoms with Crippen molar-refractivity contribution in [2.75, 3.05) is 0 Å². The number of ether oxygens (including phenoxy) is 1. The molecule has 1 heterocycles. The van der Waals surface area contributed by atoms with Crippen LogP contribution in [0.15, 0.2) is 53.9 Å². The Hall–Kier alpha value is -2.56. The first-order chi connectivity index (χ1) is 8.19. The lowest BCUT2D eigenvalue weighted by Crippen LogP contribution is -2.13. The highest BCUT2D eigenvalue weighted by molar-refractivity contribution is 6.03. The third-order valence-electron chi connectivity index (χ3n) is 1.77. The van der Waals surface area contributed by atoms with E-state index in [1.165, 1.54) is 24.5 Å². The summed E-state index contributed by atoms with van der Waals surface area (Å²) < 4.78 is 4.60. The molecule has 0 spiro atoms. The van der Waals surface area contributed by atoms with Gasteiger partial charge in [-0.25, -0.2) is 9.59 Å². The van der Waals surface area contributed by atoms with E-state index < -0.39 is 11.9 Å². The molecule has 0 aliphatic heterocycles. The maximum absolute atomic E-state index is 11.5. The highest BCUT2D eigenvalue weighted by Crippen LogP contribution is 2.04. The lowest BCUT2D eigenvalue weighted by atomic mass is 10.3. The minimum absolute atomic E-state index is 0.0530. The van der Waals surface area contributed by atoms with Crippen molar-refractivity contribution in [1.29, 1.82) is 0 Å². The van der Waals surface area contributed by atoms with E-state index >= 15 is 0 Å². The second kappa shape index (κ2) is 6.12. The lowest BCUT2D eigenvalue weighted by Gasteiger charge is -2.02. The number of aliphatic imine (C=N–C) groups is 1. The molecule has 0 N–H and O–H groups in total. The third kappa shape index (κ3) is 3.49. The van der Waals surface area contributed by atoms with Gasteiger partial charge in [-0.3, -0.25) is 9.98 Å². The molecule has 0 fully saturated rings. The lowest BCUT2D eigenvalue weighted by molar-refractivity contribution is -0.133. The van der Waals surface area contributed by atoms with Gasteiger partial charge in [0.15, 0.2) is 0 Å². The summed E-state index contributed by atoms with van der Waals surface area (Å²) in [5, 5.41) is 0. The molecule has 0 radical (unpaired) electrons. The minimum atomic E-state index is -0.832. The Labute approximate surface area is 98.2 Å². The average Bonchev–Trinajstić information content (AvgIpc) is 2.36. The Balaban J connectivity index is 2.76. The number of nitrogens with zero attached hydrogens (tertiary/aromatic N) is 2. The van der Waals surface area contributed by atoms with E-state index in [-0.39, 0.29) is 11.1 Å². The van der Waals surface area contributed by atoms with Crippen LogP contribution in [0, 0.1) is 0 Å². The van der Waals surface area contributed by atoms with Crippen LogP contribution in [0.5, 0.6) is 0 Å². The van der Waals surface area contributed by atoms with E-state index in [1.54, 1.807) is 6.07 Å². The largest absolute Gasteiger partial charge is 0.386 e. The monoisotopic (exact) mass is 230 g/mol. The Morgan fingerprint density at radius 2 is 2.24 bits per heavy atom. The molecule has 1 rings (SSSR count). The molecule has 0 aliphatic rings. The summed E-state index contributed by atoms with van der Waals surface area (Å²) in [4.78, 5) is 30.1. The highest BCUT2D eigenvalue weighted by atomic mass is 16.6. The van der Waals surface area contributed by atoms with Crippen molar-refractivity contribution in [2.24, 2.45) is 4.99 Å². The summed E-state index contributed by atoms with van der Waals surface area (Å²) >= 11 is 0. The first-order valence-electron chi connectivity index (χ1n) is 4.64. The fraction of sp³-hybridized carbons (Fsp3) is 0. The fourth-order valence-corrected chi connectivity index (χ4v) is 0.973. The van der Waals surface area contributed by atoms with Crippen molar-refractivity contribution in [3.63, 3.8) is 0 Å². The van der Waals surface area contributed by atoms with Gasteiger partial charge in [0.1, 0.15) is 0 Å². The van der Waals surface area contributed by atoms with Crippen LogP contribution in [0.2, 0.25) is 0 Å². The Kier molecular flexibility index (Phi) is 4.50. The number of pyridine rings is 1. The van der Waals surface area contributed by atoms with Crippen LogP contribution in [0.4, 0.5) is 0 Å². The molecule has 1 aromatic rings. The van der Waals surface area contributed by atoms with Gasteiger partial charge < -0.3 is 4.74 Å². The van der Waals surface area contributed by atoms with Crippen molar-refractivity contribution >= 4 is 18.7 Å². The van der Waals surface area contributed by atoms with Gasteiger partial charge >= 0.3 is 11.9 Å². The zero-order valence-electron chi connectivity index (χ0n) is 9.00. The van der Waals surface area contributed by atoms with Crippen LogP contribution in [0.1, 0.15) is 10.4 Å². The summed E-state index contributed by atoms with van der Waals surface area (Å²) in [6.45, 7) is 6.59. The van der Waals surface area contributed by atoms with Gasteiger partial charge in [0.2, 0.25) is 0 Å². The first-order valence-corrected chi connectivity index (χ1v) is 4.64. The van der Waals surface area contributed by atoms with Gasteiger partial charge in [-0.2, -0.15) is 0 Å². The predicted octanol–water partition coefficient (Wildman–Crippen LogP) is 1.54. The van der Waals surface area contributed by atoms with Gasteiger partial charge in [-0.1, -0.05) is 12.7 Å². The van der Waals surface area contributed by atoms with Crippen LogP contribution >= 0.6 is 0 Å². The number of carbonyl (C=O) groups is 2. The van der Waals surface area contributed by atoms with E-state index in [4.69, 9.17) is 0 Å². The van der Waals surface area contributed by atoms with Gasteiger partial charge in [-0.15, -0.1) is 0 Å². The van der Waals surface area contributed by atoms with E-state index in [9.17, 15) is 9.59 Å². The van der Waals surface area contributed by atoms with Crippen LogP contribution < -0.4 is 0 Å². The summed E-state index contributed by atoms with van der Waals surface area (Å²) in [5.41, 5.74) is 0.244. The molecular formula is C12H10N2O3. The molecule has 86 valence electrons. The molecule has 0 atom stereocenters. The van der Waals surface area contributed by atoms with Crippen LogP contribution in [-0.4, -0.2) is 23.6 Å². The maximum Gasteiger partial charge on any atom is 0.347 e. The molecular weight excluding hydrogens is 220 g/mol. The Morgan fingerprint density at radius 1 is 1.47 bits per heavy atom. The molecule has 0 bridgehead atoms. The highest BCUT2D eigenvalue weighted by Gasteiger charge is 2.15. The molecule has 0 aliphatic carbocycles. The quantitative estimate of drug-likeness (QED) is 0.258. The van der Waals surface area contributed by atoms with E-state index in [2.05, 4.69) is 28.0 Å². The number of esters is 2. The minimum Gasteiger partial charge on any atom is -0.386 e. The second-order valence-corrected chi connectivity index (χ2v) is 2.89. The summed E-state index contributed by atoms with van der Waals surface area (Å²) in [7, 11) is 0. The standard InChI is InChI=1S/C12H10N2O3/c1-3-9(7-13-2)11(15)17-12(16)10-5-4-6-14-8-10/h3-8H,1-2H2/b9-7+. The maximum atomic E-state index is 11.5. The zero-order valence-corrected chi connectivity index (χ0v) is 9.00. The number of aromatic nitrogens is 1. The van der Waals surface area contributed by atoms with Gasteiger partial charge in [0, 0.05) is 18.6 Å². The molecule has 0 saturated heterocycles. The molecule has 0 amide bonds. The Bertz CT molecular complexity index is 478. The van der Waals surface area contributed by atoms with Crippen molar-refractivity contribution in [2.45, 2.75) is 0 Å². The van der Waals surface area contributed by atoms with Crippen LogP contribution in [0.25, 0.3) is 0 Å². The SMILES string of the molecule is C=C/C(=C\N=C)C(=O)OC(=O)c1cccnc1. The number of hydrogen-bond acceptors (Lipinski definition) is 5. The van der Waals surface area contributed by atoms with Crippen LogP contribution in [-0.2, 0) is 9.53 Å². The molecule has 1 aromatic heterocycles. The first kappa shape index (κ1) is 12.5. The van der Waals surface area contributed by atoms with E-state index in [1.807, 2.05) is 0 Å². The molecule has 5 heteroatoms. The smallest absolute Gasteiger partial charge is 0.347 e. The summed E-state index contributed by atoms with van der Waals surface area (Å²) in [5.74, 6) is -1.61. The fourth-order valence-electron chi connectivity index (χ4n) is 0.973. The molecule has 0 aromatic carbocycles. The predicted molar refractivity (Wildman–Crippen MR) is 62.5 cm³/mol. The van der Waals surface area contributed by atoms with Gasteiger partial charge in [0.25, 0.3) is 0 Å². The average molecular weight is 230 g/mol. The molecule has 17 heavy (non-hydrogen) atoms. The zero-order chi connectivity index (χ0) is 12.7. The number of carbonyl (C=O) groups excluding carboxylic acids is 2. The number of rotatable bonds is 4. The molecule has 5 nitrogen and oxygen atoms in total. The Morgan fingerprint density at radius 3 is 2.76 bits per heavy atom. The second-order valence-electron chi connectivity index (χ2n) is 2.89. The van der Waals surface area contributed by atoms with Gasteiger partial charge in [0.05, 0.1) is 11.1 Å². The molecule has 0 unspecified atom stereocenters. The number of hydrogen-bond donors (Lipinski definition) is 0. The molecule has 0 saturated carbocycles. The van der Waals surface area contributed by atoms with Crippen molar-refractivity contribution < 1.29 is 14.3 Å².